The molecular formula is C7H4BrCl2. The lowest BCUT2D eigenvalue weighted by Gasteiger charge is -1.99. The van der Waals surface area contributed by atoms with Gasteiger partial charge in [0.1, 0.15) is 0 Å². The Kier molecular flexibility index (Phi) is 2.61. The first-order valence-electron chi connectivity index (χ1n) is 2.64. The molecule has 0 fully saturated rings. The molecule has 1 aromatic rings. The van der Waals surface area contributed by atoms with Gasteiger partial charge in [0.2, 0.25) is 0 Å². The standard InChI is InChI=1S/C7H4BrCl2/c1-4-6(8)2-5(9)3-7(4)10/h2H,1H3. The Bertz CT molecular complexity index is 235. The van der Waals surface area contributed by atoms with Gasteiger partial charge in [0.15, 0.2) is 0 Å². The smallest absolute Gasteiger partial charge is 0.0540 e. The monoisotopic (exact) mass is 237 g/mol. The van der Waals surface area contributed by atoms with Crippen molar-refractivity contribution in [1.29, 1.82) is 0 Å². The molecule has 0 spiro atoms. The molecule has 3 heteroatoms. The van der Waals surface area contributed by atoms with Crippen molar-refractivity contribution < 1.29 is 0 Å². The van der Waals surface area contributed by atoms with Gasteiger partial charge in [-0.3, -0.25) is 0 Å². The molecule has 0 nitrogen and oxygen atoms in total. The molecule has 1 rings (SSSR count). The normalized spacial score (nSPS) is 10.0. The van der Waals surface area contributed by atoms with Crippen LogP contribution in [-0.4, -0.2) is 0 Å². The average molecular weight is 239 g/mol. The van der Waals surface area contributed by atoms with Gasteiger partial charge in [-0.25, -0.2) is 0 Å². The summed E-state index contributed by atoms with van der Waals surface area (Å²) in [6.07, 6.45) is 0. The van der Waals surface area contributed by atoms with Gasteiger partial charge in [0.25, 0.3) is 0 Å². The van der Waals surface area contributed by atoms with E-state index in [1.807, 2.05) is 6.92 Å². The molecule has 0 aliphatic carbocycles. The van der Waals surface area contributed by atoms with Gasteiger partial charge in [0.05, 0.1) is 10.0 Å². The Labute approximate surface area is 78.3 Å². The van der Waals surface area contributed by atoms with Gasteiger partial charge in [-0.1, -0.05) is 39.1 Å². The summed E-state index contributed by atoms with van der Waals surface area (Å²) in [6, 6.07) is 4.55. The fourth-order valence-corrected chi connectivity index (χ4v) is 1.69. The van der Waals surface area contributed by atoms with E-state index in [0.717, 1.165) is 10.0 Å². The minimum atomic E-state index is 0.530. The third-order valence-corrected chi connectivity index (χ3v) is 2.58. The predicted octanol–water partition coefficient (Wildman–Crippen LogP) is 3.86. The van der Waals surface area contributed by atoms with Gasteiger partial charge in [-0.05, 0) is 18.6 Å². The quantitative estimate of drug-likeness (QED) is 0.644. The third kappa shape index (κ3) is 1.66. The van der Waals surface area contributed by atoms with Gasteiger partial charge < -0.3 is 0 Å². The molecule has 0 N–H and O–H groups in total. The highest BCUT2D eigenvalue weighted by Crippen LogP contribution is 2.27. The van der Waals surface area contributed by atoms with Crippen LogP contribution in [0.25, 0.3) is 0 Å². The summed E-state index contributed by atoms with van der Waals surface area (Å²) >= 11 is 14.7. The fraction of sp³-hybridized carbons (Fsp3) is 0.143. The van der Waals surface area contributed by atoms with Crippen molar-refractivity contribution in [2.75, 3.05) is 0 Å². The van der Waals surface area contributed by atoms with Gasteiger partial charge >= 0.3 is 0 Å². The van der Waals surface area contributed by atoms with Crippen LogP contribution in [0.1, 0.15) is 5.56 Å². The molecular weight excluding hydrogens is 235 g/mol. The molecule has 0 bridgehead atoms. The van der Waals surface area contributed by atoms with Crippen LogP contribution in [0.3, 0.4) is 0 Å². The Morgan fingerprint density at radius 3 is 2.60 bits per heavy atom. The van der Waals surface area contributed by atoms with Crippen LogP contribution in [0.5, 0.6) is 0 Å². The minimum Gasteiger partial charge on any atom is -0.0836 e. The number of rotatable bonds is 0. The average Bonchev–Trinajstić information content (AvgIpc) is 1.82. The summed E-state index contributed by atoms with van der Waals surface area (Å²) in [5.41, 5.74) is 0.964. The fourth-order valence-electron chi connectivity index (χ4n) is 0.559. The maximum absolute atomic E-state index is 5.75. The highest BCUT2D eigenvalue weighted by atomic mass is 79.9. The molecule has 0 aromatic heterocycles. The lowest BCUT2D eigenvalue weighted by Crippen LogP contribution is -1.77. The van der Waals surface area contributed by atoms with E-state index in [2.05, 4.69) is 22.0 Å². The van der Waals surface area contributed by atoms with E-state index in [-0.39, 0.29) is 0 Å². The molecule has 0 saturated heterocycles. The summed E-state index contributed by atoms with van der Waals surface area (Å²) < 4.78 is 0.918. The summed E-state index contributed by atoms with van der Waals surface area (Å²) in [7, 11) is 0. The van der Waals surface area contributed by atoms with E-state index in [4.69, 9.17) is 23.2 Å². The molecule has 0 aliphatic rings. The number of hydrogen-bond acceptors (Lipinski definition) is 0. The van der Waals surface area contributed by atoms with Crippen LogP contribution in [0.2, 0.25) is 10.0 Å². The SMILES string of the molecule is Cc1c(Cl)[c]c(Cl)cc1Br. The molecule has 53 valence electrons. The first-order valence-corrected chi connectivity index (χ1v) is 4.19. The molecule has 1 radical (unpaired) electrons. The first kappa shape index (κ1) is 8.38. The number of benzene rings is 1. The first-order chi connectivity index (χ1) is 4.61. The van der Waals surface area contributed by atoms with E-state index >= 15 is 0 Å². The predicted molar refractivity (Wildman–Crippen MR) is 47.7 cm³/mol. The lowest BCUT2D eigenvalue weighted by molar-refractivity contribution is 1.43. The van der Waals surface area contributed by atoms with Gasteiger partial charge in [-0.15, -0.1) is 0 Å². The Hall–Kier alpha value is 0.280. The zero-order valence-corrected chi connectivity index (χ0v) is 8.31. The van der Waals surface area contributed by atoms with E-state index in [9.17, 15) is 0 Å². The Morgan fingerprint density at radius 1 is 1.50 bits per heavy atom. The van der Waals surface area contributed by atoms with Crippen molar-refractivity contribution in [3.8, 4) is 0 Å². The molecule has 0 heterocycles. The van der Waals surface area contributed by atoms with Crippen molar-refractivity contribution in [1.82, 2.24) is 0 Å². The summed E-state index contributed by atoms with van der Waals surface area (Å²) in [5.74, 6) is 0. The maximum atomic E-state index is 5.75. The second-order valence-corrected chi connectivity index (χ2v) is 3.54. The van der Waals surface area contributed by atoms with Crippen molar-refractivity contribution in [3.63, 3.8) is 0 Å². The van der Waals surface area contributed by atoms with Crippen molar-refractivity contribution in [2.45, 2.75) is 6.92 Å². The van der Waals surface area contributed by atoms with Crippen molar-refractivity contribution in [2.24, 2.45) is 0 Å². The largest absolute Gasteiger partial charge is 0.0836 e. The number of halogens is 3. The highest BCUT2D eigenvalue weighted by molar-refractivity contribution is 9.10. The second-order valence-electron chi connectivity index (χ2n) is 1.90. The van der Waals surface area contributed by atoms with Crippen LogP contribution in [0.4, 0.5) is 0 Å². The summed E-state index contributed by atoms with van der Waals surface area (Å²) in [4.78, 5) is 0. The lowest BCUT2D eigenvalue weighted by atomic mass is 10.2. The molecule has 0 aliphatic heterocycles. The Balaban J connectivity index is 3.31. The minimum absolute atomic E-state index is 0.530. The molecule has 10 heavy (non-hydrogen) atoms. The van der Waals surface area contributed by atoms with Crippen LogP contribution >= 0.6 is 39.1 Å². The highest BCUT2D eigenvalue weighted by Gasteiger charge is 2.01. The van der Waals surface area contributed by atoms with Crippen molar-refractivity contribution >= 4 is 39.1 Å². The van der Waals surface area contributed by atoms with Crippen LogP contribution < -0.4 is 0 Å². The maximum Gasteiger partial charge on any atom is 0.0540 e. The third-order valence-electron chi connectivity index (χ3n) is 1.17. The zero-order valence-electron chi connectivity index (χ0n) is 5.21. The topological polar surface area (TPSA) is 0 Å². The Morgan fingerprint density at radius 2 is 2.10 bits per heavy atom. The van der Waals surface area contributed by atoms with Crippen molar-refractivity contribution in [3.05, 3.63) is 32.2 Å². The van der Waals surface area contributed by atoms with E-state index < -0.39 is 0 Å². The van der Waals surface area contributed by atoms with Gasteiger partial charge in [-0.2, -0.15) is 0 Å². The van der Waals surface area contributed by atoms with E-state index in [1.165, 1.54) is 0 Å². The summed E-state index contributed by atoms with van der Waals surface area (Å²) in [6.45, 7) is 1.90. The number of hydrogen-bond donors (Lipinski definition) is 0. The molecule has 0 atom stereocenters. The molecule has 0 unspecified atom stereocenters. The van der Waals surface area contributed by atoms with Crippen LogP contribution in [0.15, 0.2) is 10.5 Å². The van der Waals surface area contributed by atoms with Gasteiger partial charge in [0, 0.05) is 10.5 Å². The molecule has 0 saturated carbocycles. The van der Waals surface area contributed by atoms with Crippen LogP contribution in [0, 0.1) is 13.0 Å². The van der Waals surface area contributed by atoms with Crippen LogP contribution in [-0.2, 0) is 0 Å². The zero-order chi connectivity index (χ0) is 7.72. The second kappa shape index (κ2) is 3.12. The molecule has 1 aromatic carbocycles. The van der Waals surface area contributed by atoms with E-state index in [0.29, 0.717) is 10.0 Å². The molecule has 0 amide bonds. The van der Waals surface area contributed by atoms with E-state index in [1.54, 1.807) is 6.07 Å². The summed E-state index contributed by atoms with van der Waals surface area (Å²) in [5, 5.41) is 1.10.